The van der Waals surface area contributed by atoms with Crippen LogP contribution in [0.4, 0.5) is 18.9 Å². The normalized spacial score (nSPS) is 25.2. The molecule has 0 aliphatic heterocycles. The number of hydrogen-bond donors (Lipinski definition) is 2. The van der Waals surface area contributed by atoms with Crippen LogP contribution in [-0.2, 0) is 12.6 Å². The molecular weight excluding hydrogens is 477 g/mol. The lowest BCUT2D eigenvalue weighted by Gasteiger charge is -2.37. The van der Waals surface area contributed by atoms with E-state index in [0.29, 0.717) is 40.4 Å². The molecule has 0 spiro atoms. The Morgan fingerprint density at radius 2 is 1.80 bits per heavy atom. The molecule has 3 saturated carbocycles. The molecule has 0 atom stereocenters. The highest BCUT2D eigenvalue weighted by Crippen LogP contribution is 2.48. The highest BCUT2D eigenvalue weighted by molar-refractivity contribution is 6.33. The van der Waals surface area contributed by atoms with Crippen LogP contribution in [0.25, 0.3) is 16.8 Å². The van der Waals surface area contributed by atoms with Crippen molar-refractivity contribution in [2.45, 2.75) is 75.6 Å². The van der Waals surface area contributed by atoms with Gasteiger partial charge in [-0.25, -0.2) is 0 Å². The van der Waals surface area contributed by atoms with Gasteiger partial charge in [0.05, 0.1) is 16.3 Å². The van der Waals surface area contributed by atoms with Gasteiger partial charge in [-0.2, -0.15) is 13.2 Å². The zero-order chi connectivity index (χ0) is 24.4. The van der Waals surface area contributed by atoms with Crippen LogP contribution in [-0.4, -0.2) is 31.3 Å². The molecule has 2 aromatic heterocycles. The minimum absolute atomic E-state index is 0.0379. The molecule has 2 heterocycles. The van der Waals surface area contributed by atoms with Crippen molar-refractivity contribution in [3.05, 3.63) is 46.9 Å². The van der Waals surface area contributed by atoms with E-state index in [1.807, 2.05) is 0 Å². The van der Waals surface area contributed by atoms with E-state index in [1.54, 1.807) is 24.4 Å². The molecule has 3 fully saturated rings. The van der Waals surface area contributed by atoms with E-state index in [1.165, 1.54) is 10.5 Å². The monoisotopic (exact) mass is 504 g/mol. The summed E-state index contributed by atoms with van der Waals surface area (Å²) in [5.41, 5.74) is -0.378. The van der Waals surface area contributed by atoms with Crippen LogP contribution in [0.5, 0.6) is 0 Å². The van der Waals surface area contributed by atoms with Crippen LogP contribution >= 0.6 is 11.6 Å². The van der Waals surface area contributed by atoms with Crippen LogP contribution < -0.4 is 5.32 Å². The van der Waals surface area contributed by atoms with E-state index >= 15 is 0 Å². The summed E-state index contributed by atoms with van der Waals surface area (Å²) in [6.45, 7) is 0. The Balaban J connectivity index is 1.26. The van der Waals surface area contributed by atoms with E-state index in [2.05, 4.69) is 15.5 Å². The van der Waals surface area contributed by atoms with E-state index < -0.39 is 17.3 Å². The van der Waals surface area contributed by atoms with Gasteiger partial charge in [-0.3, -0.25) is 4.40 Å². The van der Waals surface area contributed by atoms with Gasteiger partial charge in [0.2, 0.25) is 0 Å². The Morgan fingerprint density at radius 1 is 1.06 bits per heavy atom. The molecule has 6 rings (SSSR count). The highest BCUT2D eigenvalue weighted by Gasteiger charge is 2.45. The van der Waals surface area contributed by atoms with Gasteiger partial charge in [0.1, 0.15) is 11.4 Å². The SMILES string of the molecule is O[C@]1(C2CC2)CC[C@H](Nc2ccc(-c3ccn4c(CC5CC5)nnc4c3C(F)(F)F)cc2Cl)CC1. The lowest BCUT2D eigenvalue weighted by atomic mass is 9.79. The number of benzene rings is 1. The number of nitrogens with zero attached hydrogens (tertiary/aromatic N) is 3. The summed E-state index contributed by atoms with van der Waals surface area (Å²) >= 11 is 6.54. The van der Waals surface area contributed by atoms with E-state index in [9.17, 15) is 18.3 Å². The second-order valence-corrected chi connectivity index (χ2v) is 11.0. The third-order valence-corrected chi connectivity index (χ3v) is 8.24. The lowest BCUT2D eigenvalue weighted by Crippen LogP contribution is -2.40. The molecule has 0 radical (unpaired) electrons. The zero-order valence-corrected chi connectivity index (χ0v) is 20.0. The second kappa shape index (κ2) is 8.37. The first-order valence-electron chi connectivity index (χ1n) is 12.4. The summed E-state index contributed by atoms with van der Waals surface area (Å²) in [6, 6.07) is 6.65. The summed E-state index contributed by atoms with van der Waals surface area (Å²) in [7, 11) is 0. The Kier molecular flexibility index (Phi) is 5.53. The molecule has 3 aliphatic carbocycles. The molecule has 3 aromatic rings. The Morgan fingerprint density at radius 3 is 2.43 bits per heavy atom. The van der Waals surface area contributed by atoms with Crippen molar-refractivity contribution in [3.8, 4) is 11.1 Å². The van der Waals surface area contributed by atoms with Crippen LogP contribution in [0.2, 0.25) is 5.02 Å². The average molecular weight is 505 g/mol. The first-order chi connectivity index (χ1) is 16.7. The van der Waals surface area contributed by atoms with Crippen molar-refractivity contribution in [1.82, 2.24) is 14.6 Å². The fraction of sp³-hybridized carbons (Fsp3) is 0.538. The molecule has 0 saturated heterocycles. The van der Waals surface area contributed by atoms with Crippen molar-refractivity contribution < 1.29 is 18.3 Å². The van der Waals surface area contributed by atoms with Gasteiger partial charge in [-0.05, 0) is 92.5 Å². The maximum Gasteiger partial charge on any atom is 0.420 e. The van der Waals surface area contributed by atoms with Crippen LogP contribution in [0.3, 0.4) is 0 Å². The minimum Gasteiger partial charge on any atom is -0.390 e. The number of rotatable bonds is 6. The average Bonchev–Trinajstić information content (AvgIpc) is 3.74. The van der Waals surface area contributed by atoms with Crippen molar-refractivity contribution in [2.75, 3.05) is 5.32 Å². The fourth-order valence-corrected chi connectivity index (χ4v) is 5.79. The fourth-order valence-electron chi connectivity index (χ4n) is 5.55. The van der Waals surface area contributed by atoms with E-state index in [4.69, 9.17) is 11.6 Å². The number of aliphatic hydroxyl groups is 1. The number of alkyl halides is 3. The summed E-state index contributed by atoms with van der Waals surface area (Å²) in [6.07, 6.45) is 5.29. The molecule has 1 aromatic carbocycles. The van der Waals surface area contributed by atoms with Crippen molar-refractivity contribution in [3.63, 3.8) is 0 Å². The van der Waals surface area contributed by atoms with Gasteiger partial charge >= 0.3 is 6.18 Å². The molecule has 35 heavy (non-hydrogen) atoms. The molecule has 2 N–H and O–H groups in total. The molecule has 0 bridgehead atoms. The molecule has 186 valence electrons. The van der Waals surface area contributed by atoms with Crippen molar-refractivity contribution in [1.29, 1.82) is 0 Å². The molecular formula is C26H28ClF3N4O. The topological polar surface area (TPSA) is 62.5 Å². The Labute approximate surface area is 206 Å². The maximum absolute atomic E-state index is 14.2. The third kappa shape index (κ3) is 4.51. The van der Waals surface area contributed by atoms with E-state index in [-0.39, 0.29) is 17.3 Å². The van der Waals surface area contributed by atoms with Crippen molar-refractivity contribution in [2.24, 2.45) is 11.8 Å². The maximum atomic E-state index is 14.2. The van der Waals surface area contributed by atoms with Gasteiger partial charge in [0.25, 0.3) is 0 Å². The summed E-state index contributed by atoms with van der Waals surface area (Å²) in [4.78, 5) is 0. The third-order valence-electron chi connectivity index (χ3n) is 7.93. The summed E-state index contributed by atoms with van der Waals surface area (Å²) in [5.74, 6) is 1.50. The van der Waals surface area contributed by atoms with Gasteiger partial charge < -0.3 is 10.4 Å². The number of nitrogens with one attached hydrogen (secondary N) is 1. The molecule has 0 unspecified atom stereocenters. The van der Waals surface area contributed by atoms with Gasteiger partial charge in [-0.15, -0.1) is 10.2 Å². The second-order valence-electron chi connectivity index (χ2n) is 10.6. The van der Waals surface area contributed by atoms with Crippen LogP contribution in [0, 0.1) is 11.8 Å². The van der Waals surface area contributed by atoms with Gasteiger partial charge in [0.15, 0.2) is 5.65 Å². The largest absolute Gasteiger partial charge is 0.420 e. The number of pyridine rings is 1. The predicted octanol–water partition coefficient (Wildman–Crippen LogP) is 6.52. The first kappa shape index (κ1) is 23.1. The quantitative estimate of drug-likeness (QED) is 0.401. The Hall–Kier alpha value is -2.32. The van der Waals surface area contributed by atoms with Gasteiger partial charge in [-0.1, -0.05) is 17.7 Å². The minimum atomic E-state index is -4.59. The van der Waals surface area contributed by atoms with Gasteiger partial charge in [0, 0.05) is 18.7 Å². The predicted molar refractivity (Wildman–Crippen MR) is 128 cm³/mol. The molecule has 3 aliphatic rings. The number of halogens is 4. The first-order valence-corrected chi connectivity index (χ1v) is 12.8. The van der Waals surface area contributed by atoms with Crippen LogP contribution in [0.1, 0.15) is 62.8 Å². The number of anilines is 1. The number of fused-ring (bicyclic) bond motifs is 1. The Bertz CT molecular complexity index is 1260. The number of aromatic nitrogens is 3. The number of hydrogen-bond acceptors (Lipinski definition) is 4. The molecule has 5 nitrogen and oxygen atoms in total. The summed E-state index contributed by atoms with van der Waals surface area (Å²) in [5, 5.41) is 22.6. The molecule has 0 amide bonds. The van der Waals surface area contributed by atoms with Crippen molar-refractivity contribution >= 4 is 22.9 Å². The highest BCUT2D eigenvalue weighted by atomic mass is 35.5. The van der Waals surface area contributed by atoms with E-state index in [0.717, 1.165) is 51.4 Å². The standard InChI is InChI=1S/C26H28ClF3N4O/c27-20-14-16(3-6-21(20)31-18-7-10-25(35,11-8-18)17-4-5-17)19-9-12-34-22(13-15-1-2-15)32-33-24(34)23(19)26(28,29)30/h3,6,9,12,14-15,17-18,31,35H,1-2,4-5,7-8,10-11,13H2/t18-,25+. The zero-order valence-electron chi connectivity index (χ0n) is 19.3. The molecule has 9 heteroatoms. The lowest BCUT2D eigenvalue weighted by molar-refractivity contribution is -0.136. The smallest absolute Gasteiger partial charge is 0.390 e. The van der Waals surface area contributed by atoms with Crippen LogP contribution in [0.15, 0.2) is 30.5 Å². The summed E-state index contributed by atoms with van der Waals surface area (Å²) < 4.78 is 44.1.